The van der Waals surface area contributed by atoms with Crippen LogP contribution in [0.15, 0.2) is 23.7 Å². The van der Waals surface area contributed by atoms with Crippen molar-refractivity contribution in [3.8, 4) is 0 Å². The summed E-state index contributed by atoms with van der Waals surface area (Å²) in [5.74, 6) is -1.20. The molecule has 8 heteroatoms. The molecule has 0 spiro atoms. The molecule has 0 atom stereocenters. The smallest absolute Gasteiger partial charge is 0.356 e. The summed E-state index contributed by atoms with van der Waals surface area (Å²) >= 11 is 1.45. The second-order valence-electron chi connectivity index (χ2n) is 3.90. The van der Waals surface area contributed by atoms with E-state index in [-0.39, 0.29) is 17.9 Å². The van der Waals surface area contributed by atoms with Crippen LogP contribution in [0.3, 0.4) is 0 Å². The average molecular weight is 292 g/mol. The number of nitrogens with one attached hydrogen (secondary N) is 2. The van der Waals surface area contributed by atoms with Gasteiger partial charge in [0, 0.05) is 17.3 Å². The molecule has 2 heterocycles. The fourth-order valence-electron chi connectivity index (χ4n) is 1.48. The minimum Gasteiger partial charge on any atom is -0.476 e. The first-order chi connectivity index (χ1) is 9.56. The zero-order valence-electron chi connectivity index (χ0n) is 10.6. The van der Waals surface area contributed by atoms with Gasteiger partial charge < -0.3 is 15.7 Å². The number of urea groups is 1. The molecular formula is C12H12N4O3S. The third-order valence-corrected chi connectivity index (χ3v) is 3.29. The quantitative estimate of drug-likeness (QED) is 0.798. The number of hydrogen-bond donors (Lipinski definition) is 3. The molecule has 0 saturated carbocycles. The molecule has 104 valence electrons. The Labute approximate surface area is 118 Å². The number of rotatable bonds is 4. The van der Waals surface area contributed by atoms with Crippen LogP contribution in [0, 0.1) is 6.92 Å². The van der Waals surface area contributed by atoms with Gasteiger partial charge in [-0.2, -0.15) is 0 Å². The van der Waals surface area contributed by atoms with Crippen molar-refractivity contribution in [2.45, 2.75) is 13.5 Å². The highest BCUT2D eigenvalue weighted by Gasteiger charge is 2.13. The molecule has 20 heavy (non-hydrogen) atoms. The van der Waals surface area contributed by atoms with Crippen LogP contribution in [0.25, 0.3) is 0 Å². The number of carbonyl (C=O) groups is 2. The molecule has 2 rings (SSSR count). The van der Waals surface area contributed by atoms with Crippen molar-refractivity contribution in [1.82, 2.24) is 15.3 Å². The molecule has 0 fully saturated rings. The van der Waals surface area contributed by atoms with Crippen LogP contribution < -0.4 is 10.6 Å². The highest BCUT2D eigenvalue weighted by molar-refractivity contribution is 7.09. The molecule has 2 aromatic rings. The number of nitrogens with zero attached hydrogens (tertiary/aromatic N) is 2. The topological polar surface area (TPSA) is 104 Å². The van der Waals surface area contributed by atoms with Crippen LogP contribution in [0.2, 0.25) is 0 Å². The maximum Gasteiger partial charge on any atom is 0.356 e. The summed E-state index contributed by atoms with van der Waals surface area (Å²) in [7, 11) is 0. The van der Waals surface area contributed by atoms with E-state index in [1.54, 1.807) is 6.07 Å². The summed E-state index contributed by atoms with van der Waals surface area (Å²) < 4.78 is 0. The predicted octanol–water partition coefficient (Wildman–Crippen LogP) is 1.87. The first-order valence-corrected chi connectivity index (χ1v) is 6.58. The van der Waals surface area contributed by atoms with E-state index in [2.05, 4.69) is 20.6 Å². The number of amides is 2. The molecule has 0 unspecified atom stereocenters. The van der Waals surface area contributed by atoms with Gasteiger partial charge in [-0.05, 0) is 19.1 Å². The van der Waals surface area contributed by atoms with E-state index in [1.165, 1.54) is 23.6 Å². The van der Waals surface area contributed by atoms with Crippen LogP contribution in [-0.2, 0) is 6.54 Å². The summed E-state index contributed by atoms with van der Waals surface area (Å²) in [5.41, 5.74) is 0.841. The zero-order chi connectivity index (χ0) is 14.5. The van der Waals surface area contributed by atoms with E-state index in [9.17, 15) is 9.59 Å². The first-order valence-electron chi connectivity index (χ1n) is 5.70. The summed E-state index contributed by atoms with van der Waals surface area (Å²) in [5, 5.41) is 16.7. The monoisotopic (exact) mass is 292 g/mol. The highest BCUT2D eigenvalue weighted by atomic mass is 32.1. The lowest BCUT2D eigenvalue weighted by Gasteiger charge is -2.08. The minimum absolute atomic E-state index is 0.146. The number of aryl methyl sites for hydroxylation is 1. The highest BCUT2D eigenvalue weighted by Crippen LogP contribution is 2.12. The van der Waals surface area contributed by atoms with Crippen molar-refractivity contribution >= 4 is 29.0 Å². The van der Waals surface area contributed by atoms with Crippen molar-refractivity contribution in [3.05, 3.63) is 40.1 Å². The lowest BCUT2D eigenvalue weighted by atomic mass is 10.3. The van der Waals surface area contributed by atoms with Gasteiger partial charge >= 0.3 is 12.0 Å². The van der Waals surface area contributed by atoms with Gasteiger partial charge in [0.1, 0.15) is 5.01 Å². The maximum absolute atomic E-state index is 11.7. The molecule has 2 aromatic heterocycles. The largest absolute Gasteiger partial charge is 0.476 e. The van der Waals surface area contributed by atoms with Crippen LogP contribution >= 0.6 is 11.3 Å². The van der Waals surface area contributed by atoms with Crippen LogP contribution in [-0.4, -0.2) is 27.1 Å². The Morgan fingerprint density at radius 1 is 1.45 bits per heavy atom. The second kappa shape index (κ2) is 6.11. The van der Waals surface area contributed by atoms with Crippen LogP contribution in [0.4, 0.5) is 10.5 Å². The summed E-state index contributed by atoms with van der Waals surface area (Å²) in [4.78, 5) is 30.5. The van der Waals surface area contributed by atoms with E-state index >= 15 is 0 Å². The van der Waals surface area contributed by atoms with Gasteiger partial charge in [0.05, 0.1) is 12.2 Å². The van der Waals surface area contributed by atoms with Gasteiger partial charge in [-0.15, -0.1) is 11.3 Å². The number of carboxylic acid groups (broad SMARTS) is 1. The lowest BCUT2D eigenvalue weighted by Crippen LogP contribution is -2.29. The number of aromatic nitrogens is 2. The van der Waals surface area contributed by atoms with Crippen LogP contribution in [0.1, 0.15) is 21.2 Å². The Morgan fingerprint density at radius 3 is 2.90 bits per heavy atom. The normalized spacial score (nSPS) is 10.1. The van der Waals surface area contributed by atoms with Crippen molar-refractivity contribution in [2.24, 2.45) is 0 Å². The molecule has 0 aliphatic heterocycles. The SMILES string of the molecule is Cc1csc(CNC(=O)Nc2cccnc2C(=O)O)n1. The van der Waals surface area contributed by atoms with Gasteiger partial charge in [0.25, 0.3) is 0 Å². The van der Waals surface area contributed by atoms with E-state index in [1.807, 2.05) is 12.3 Å². The summed E-state index contributed by atoms with van der Waals surface area (Å²) in [6.45, 7) is 2.15. The second-order valence-corrected chi connectivity index (χ2v) is 4.84. The van der Waals surface area contributed by atoms with Crippen molar-refractivity contribution < 1.29 is 14.7 Å². The molecule has 2 amide bonds. The molecule has 0 saturated heterocycles. The van der Waals surface area contributed by atoms with Crippen molar-refractivity contribution in [1.29, 1.82) is 0 Å². The van der Waals surface area contributed by atoms with Gasteiger partial charge in [-0.1, -0.05) is 0 Å². The predicted molar refractivity (Wildman–Crippen MR) is 73.9 cm³/mol. The number of thiazole rings is 1. The molecule has 0 aromatic carbocycles. The summed E-state index contributed by atoms with van der Waals surface area (Å²) in [6, 6.07) is 2.52. The van der Waals surface area contributed by atoms with Crippen molar-refractivity contribution in [3.63, 3.8) is 0 Å². The van der Waals surface area contributed by atoms with Crippen molar-refractivity contribution in [2.75, 3.05) is 5.32 Å². The van der Waals surface area contributed by atoms with Gasteiger partial charge in [-0.3, -0.25) is 0 Å². The Hall–Kier alpha value is -2.48. The average Bonchev–Trinajstić information content (AvgIpc) is 2.83. The summed E-state index contributed by atoms with van der Waals surface area (Å²) in [6.07, 6.45) is 1.35. The van der Waals surface area contributed by atoms with E-state index in [0.717, 1.165) is 10.7 Å². The molecule has 0 aliphatic rings. The standard InChI is InChI=1S/C12H12N4O3S/c1-7-6-20-9(15-7)5-14-12(19)16-8-3-2-4-13-10(8)11(17)18/h2-4,6H,5H2,1H3,(H,17,18)(H2,14,16,19). The fourth-order valence-corrected chi connectivity index (χ4v) is 2.19. The lowest BCUT2D eigenvalue weighted by molar-refractivity contribution is 0.0691. The fraction of sp³-hybridized carbons (Fsp3) is 0.167. The number of carbonyl (C=O) groups excluding carboxylic acids is 1. The Bertz CT molecular complexity index is 641. The van der Waals surface area contributed by atoms with Gasteiger partial charge in [0.2, 0.25) is 0 Å². The number of pyridine rings is 1. The Balaban J connectivity index is 1.96. The molecule has 0 aliphatic carbocycles. The molecular weight excluding hydrogens is 280 g/mol. The number of carboxylic acids is 1. The van der Waals surface area contributed by atoms with E-state index < -0.39 is 12.0 Å². The third kappa shape index (κ3) is 3.51. The van der Waals surface area contributed by atoms with Gasteiger partial charge in [0.15, 0.2) is 5.69 Å². The third-order valence-electron chi connectivity index (χ3n) is 2.33. The molecule has 3 N–H and O–H groups in total. The molecule has 0 radical (unpaired) electrons. The minimum atomic E-state index is -1.20. The number of anilines is 1. The zero-order valence-corrected chi connectivity index (χ0v) is 11.4. The maximum atomic E-state index is 11.7. The first kappa shape index (κ1) is 13.9. The van der Waals surface area contributed by atoms with E-state index in [4.69, 9.17) is 5.11 Å². The Kier molecular flexibility index (Phi) is 4.26. The molecule has 7 nitrogen and oxygen atoms in total. The Morgan fingerprint density at radius 2 is 2.25 bits per heavy atom. The van der Waals surface area contributed by atoms with E-state index in [0.29, 0.717) is 0 Å². The van der Waals surface area contributed by atoms with Gasteiger partial charge in [-0.25, -0.2) is 19.6 Å². The number of aromatic carboxylic acids is 1. The number of hydrogen-bond acceptors (Lipinski definition) is 5. The van der Waals surface area contributed by atoms with Crippen LogP contribution in [0.5, 0.6) is 0 Å². The molecule has 0 bridgehead atoms.